The van der Waals surface area contributed by atoms with Gasteiger partial charge in [0.25, 0.3) is 0 Å². The second kappa shape index (κ2) is 6.84. The van der Waals surface area contributed by atoms with Gasteiger partial charge in [-0.2, -0.15) is 9.40 Å². The van der Waals surface area contributed by atoms with E-state index < -0.39 is 10.0 Å². The fourth-order valence-corrected chi connectivity index (χ4v) is 4.66. The van der Waals surface area contributed by atoms with Crippen LogP contribution in [0, 0.1) is 0 Å². The van der Waals surface area contributed by atoms with Gasteiger partial charge in [0.1, 0.15) is 4.90 Å². The number of hydrogen-bond acceptors (Lipinski definition) is 4. The summed E-state index contributed by atoms with van der Waals surface area (Å²) in [5.41, 5.74) is 0.811. The van der Waals surface area contributed by atoms with Crippen LogP contribution in [0.4, 0.5) is 0 Å². The van der Waals surface area contributed by atoms with Gasteiger partial charge in [0.15, 0.2) is 0 Å². The lowest BCUT2D eigenvalue weighted by Gasteiger charge is -2.35. The highest BCUT2D eigenvalue weighted by Crippen LogP contribution is 2.32. The summed E-state index contributed by atoms with van der Waals surface area (Å²) in [6, 6.07) is 7.15. The lowest BCUT2D eigenvalue weighted by atomic mass is 10.1. The maximum atomic E-state index is 13.1. The summed E-state index contributed by atoms with van der Waals surface area (Å²) in [4.78, 5) is 0.218. The van der Waals surface area contributed by atoms with E-state index in [0.29, 0.717) is 24.7 Å². The predicted molar refractivity (Wildman–Crippen MR) is 93.6 cm³/mol. The first-order valence-corrected chi connectivity index (χ1v) is 9.74. The fourth-order valence-electron chi connectivity index (χ4n) is 2.86. The van der Waals surface area contributed by atoms with Gasteiger partial charge in [0.2, 0.25) is 10.0 Å². The van der Waals surface area contributed by atoms with Crippen LogP contribution in [0.1, 0.15) is 31.5 Å². The van der Waals surface area contributed by atoms with Gasteiger partial charge in [0, 0.05) is 36.9 Å². The third kappa shape index (κ3) is 3.21. The highest BCUT2D eigenvalue weighted by molar-refractivity contribution is 7.89. The van der Waals surface area contributed by atoms with Gasteiger partial charge in [-0.1, -0.05) is 29.8 Å². The average Bonchev–Trinajstić information content (AvgIpc) is 3.06. The SMILES string of the molecule is CC(C)n1cc(S(=O)(=O)N2CCNCC2c2ccccc2Cl)cn1. The number of nitrogens with zero attached hydrogens (tertiary/aromatic N) is 3. The van der Waals surface area contributed by atoms with Crippen molar-refractivity contribution in [3.05, 3.63) is 47.2 Å². The van der Waals surface area contributed by atoms with Crippen LogP contribution in [-0.2, 0) is 10.0 Å². The number of nitrogens with one attached hydrogen (secondary N) is 1. The van der Waals surface area contributed by atoms with E-state index in [1.165, 1.54) is 10.5 Å². The van der Waals surface area contributed by atoms with E-state index >= 15 is 0 Å². The maximum Gasteiger partial charge on any atom is 0.246 e. The van der Waals surface area contributed by atoms with Gasteiger partial charge in [-0.3, -0.25) is 4.68 Å². The quantitative estimate of drug-likeness (QED) is 0.900. The molecular weight excluding hydrogens is 348 g/mol. The summed E-state index contributed by atoms with van der Waals surface area (Å²) in [7, 11) is -3.64. The molecule has 1 aliphatic rings. The highest BCUT2D eigenvalue weighted by Gasteiger charge is 2.36. The maximum absolute atomic E-state index is 13.1. The molecule has 0 radical (unpaired) electrons. The van der Waals surface area contributed by atoms with Crippen molar-refractivity contribution in [2.75, 3.05) is 19.6 Å². The Hall–Kier alpha value is -1.41. The van der Waals surface area contributed by atoms with Crippen LogP contribution in [0.25, 0.3) is 0 Å². The molecule has 1 aliphatic heterocycles. The molecule has 2 heterocycles. The molecule has 24 heavy (non-hydrogen) atoms. The third-order valence-electron chi connectivity index (χ3n) is 4.17. The number of sulfonamides is 1. The lowest BCUT2D eigenvalue weighted by molar-refractivity contribution is 0.271. The van der Waals surface area contributed by atoms with E-state index in [4.69, 9.17) is 11.6 Å². The Bertz CT molecular complexity index is 819. The molecule has 1 atom stereocenters. The minimum Gasteiger partial charge on any atom is -0.313 e. The summed E-state index contributed by atoms with van der Waals surface area (Å²) in [5.74, 6) is 0. The van der Waals surface area contributed by atoms with Gasteiger partial charge in [-0.25, -0.2) is 8.42 Å². The molecule has 1 N–H and O–H groups in total. The van der Waals surface area contributed by atoms with Crippen molar-refractivity contribution in [2.24, 2.45) is 0 Å². The Kier molecular flexibility index (Phi) is 4.96. The van der Waals surface area contributed by atoms with Crippen LogP contribution in [0.5, 0.6) is 0 Å². The van der Waals surface area contributed by atoms with E-state index in [0.717, 1.165) is 5.56 Å². The number of hydrogen-bond donors (Lipinski definition) is 1. The molecule has 1 aromatic heterocycles. The number of piperazine rings is 1. The molecule has 1 fully saturated rings. The smallest absolute Gasteiger partial charge is 0.246 e. The molecule has 1 unspecified atom stereocenters. The van der Waals surface area contributed by atoms with Crippen molar-refractivity contribution < 1.29 is 8.42 Å². The molecule has 1 saturated heterocycles. The molecule has 0 amide bonds. The van der Waals surface area contributed by atoms with Crippen molar-refractivity contribution in [3.63, 3.8) is 0 Å². The Morgan fingerprint density at radius 3 is 2.75 bits per heavy atom. The van der Waals surface area contributed by atoms with E-state index in [1.807, 2.05) is 32.0 Å². The Balaban J connectivity index is 1.99. The second-order valence-corrected chi connectivity index (χ2v) is 8.40. The van der Waals surface area contributed by atoms with Crippen LogP contribution < -0.4 is 5.32 Å². The number of aromatic nitrogens is 2. The summed E-state index contributed by atoms with van der Waals surface area (Å²) < 4.78 is 29.4. The predicted octanol–water partition coefficient (Wildman–Crippen LogP) is 2.45. The summed E-state index contributed by atoms with van der Waals surface area (Å²) >= 11 is 6.30. The van der Waals surface area contributed by atoms with Crippen LogP contribution in [-0.4, -0.2) is 42.1 Å². The third-order valence-corrected chi connectivity index (χ3v) is 6.38. The molecule has 0 bridgehead atoms. The van der Waals surface area contributed by atoms with Crippen LogP contribution in [0.3, 0.4) is 0 Å². The molecule has 6 nitrogen and oxygen atoms in total. The van der Waals surface area contributed by atoms with Crippen LogP contribution in [0.15, 0.2) is 41.6 Å². The first kappa shape index (κ1) is 17.4. The van der Waals surface area contributed by atoms with Crippen molar-refractivity contribution >= 4 is 21.6 Å². The molecule has 0 saturated carbocycles. The number of benzene rings is 1. The Morgan fingerprint density at radius 2 is 2.08 bits per heavy atom. The van der Waals surface area contributed by atoms with Crippen LogP contribution >= 0.6 is 11.6 Å². The van der Waals surface area contributed by atoms with Gasteiger partial charge in [0.05, 0.1) is 12.2 Å². The normalized spacial score (nSPS) is 19.8. The number of halogens is 1. The van der Waals surface area contributed by atoms with Crippen LogP contribution in [0.2, 0.25) is 5.02 Å². The zero-order valence-corrected chi connectivity index (χ0v) is 15.3. The van der Waals surface area contributed by atoms with Crippen molar-refractivity contribution in [2.45, 2.75) is 30.8 Å². The average molecular weight is 369 g/mol. The van der Waals surface area contributed by atoms with E-state index in [2.05, 4.69) is 10.4 Å². The number of rotatable bonds is 4. The zero-order chi connectivity index (χ0) is 17.3. The fraction of sp³-hybridized carbons (Fsp3) is 0.438. The monoisotopic (exact) mass is 368 g/mol. The van der Waals surface area contributed by atoms with E-state index in [9.17, 15) is 8.42 Å². The minimum absolute atomic E-state index is 0.108. The highest BCUT2D eigenvalue weighted by atomic mass is 35.5. The minimum atomic E-state index is -3.64. The molecule has 2 aromatic rings. The topological polar surface area (TPSA) is 67.2 Å². The van der Waals surface area contributed by atoms with E-state index in [1.54, 1.807) is 16.9 Å². The Morgan fingerprint density at radius 1 is 1.33 bits per heavy atom. The molecule has 3 rings (SSSR count). The Labute approximate surface area is 147 Å². The van der Waals surface area contributed by atoms with Gasteiger partial charge >= 0.3 is 0 Å². The largest absolute Gasteiger partial charge is 0.313 e. The van der Waals surface area contributed by atoms with Gasteiger partial charge in [-0.15, -0.1) is 0 Å². The van der Waals surface area contributed by atoms with Crippen molar-refractivity contribution in [1.82, 2.24) is 19.4 Å². The molecule has 0 spiro atoms. The lowest BCUT2D eigenvalue weighted by Crippen LogP contribution is -2.48. The zero-order valence-electron chi connectivity index (χ0n) is 13.7. The molecule has 8 heteroatoms. The summed E-state index contributed by atoms with van der Waals surface area (Å²) in [5, 5.41) is 7.99. The summed E-state index contributed by atoms with van der Waals surface area (Å²) in [6.45, 7) is 5.45. The van der Waals surface area contributed by atoms with Crippen molar-refractivity contribution in [3.8, 4) is 0 Å². The standard InChI is InChI=1S/C16H21ClN4O2S/c1-12(2)20-11-13(9-19-20)24(22,23)21-8-7-18-10-16(21)14-5-3-4-6-15(14)17/h3-6,9,11-12,16,18H,7-8,10H2,1-2H3. The van der Waals surface area contributed by atoms with Gasteiger partial charge in [-0.05, 0) is 25.5 Å². The summed E-state index contributed by atoms with van der Waals surface area (Å²) in [6.07, 6.45) is 3.01. The molecular formula is C16H21ClN4O2S. The van der Waals surface area contributed by atoms with Gasteiger partial charge < -0.3 is 5.32 Å². The molecule has 0 aliphatic carbocycles. The first-order valence-electron chi connectivity index (χ1n) is 7.92. The van der Waals surface area contributed by atoms with E-state index in [-0.39, 0.29) is 17.0 Å². The first-order chi connectivity index (χ1) is 11.4. The second-order valence-electron chi connectivity index (χ2n) is 6.11. The molecule has 1 aromatic carbocycles. The van der Waals surface area contributed by atoms with Crippen molar-refractivity contribution in [1.29, 1.82) is 0 Å². The molecule has 130 valence electrons.